The highest BCUT2D eigenvalue weighted by Gasteiger charge is 2.15. The fraction of sp³-hybridized carbons (Fsp3) is 0.118. The van der Waals surface area contributed by atoms with E-state index in [-0.39, 0.29) is 6.04 Å². The van der Waals surface area contributed by atoms with Crippen LogP contribution in [-0.2, 0) is 0 Å². The van der Waals surface area contributed by atoms with Gasteiger partial charge in [0.05, 0.1) is 6.20 Å². The van der Waals surface area contributed by atoms with Gasteiger partial charge in [0.1, 0.15) is 6.04 Å². The summed E-state index contributed by atoms with van der Waals surface area (Å²) in [6, 6.07) is 17.6. The van der Waals surface area contributed by atoms with Crippen LogP contribution in [0.1, 0.15) is 23.1 Å². The predicted octanol–water partition coefficient (Wildman–Crippen LogP) is 3.70. The summed E-state index contributed by atoms with van der Waals surface area (Å²) in [5.74, 6) is 1.28. The molecule has 0 spiro atoms. The number of hydrogen-bond donors (Lipinski definition) is 1. The molecular formula is C17H16N2O. The lowest BCUT2D eigenvalue weighted by atomic mass is 10.1. The summed E-state index contributed by atoms with van der Waals surface area (Å²) < 4.78 is 5.79. The Bertz CT molecular complexity index is 687. The topological polar surface area (TPSA) is 52.0 Å². The molecule has 0 amide bonds. The van der Waals surface area contributed by atoms with E-state index in [4.69, 9.17) is 10.2 Å². The van der Waals surface area contributed by atoms with Gasteiger partial charge in [0.2, 0.25) is 5.89 Å². The molecule has 1 heterocycles. The third-order valence-electron chi connectivity index (χ3n) is 3.28. The minimum atomic E-state index is -0.338. The number of benzene rings is 2. The first-order valence-electron chi connectivity index (χ1n) is 6.57. The zero-order chi connectivity index (χ0) is 13.9. The van der Waals surface area contributed by atoms with E-state index in [0.29, 0.717) is 5.89 Å². The molecule has 3 aromatic rings. The van der Waals surface area contributed by atoms with Crippen LogP contribution in [0.4, 0.5) is 0 Å². The average molecular weight is 264 g/mol. The second kappa shape index (κ2) is 5.31. The van der Waals surface area contributed by atoms with Gasteiger partial charge in [0.25, 0.3) is 0 Å². The number of nitrogens with two attached hydrogens (primary N) is 1. The van der Waals surface area contributed by atoms with Crippen molar-refractivity contribution in [3.8, 4) is 11.3 Å². The van der Waals surface area contributed by atoms with Crippen molar-refractivity contribution in [2.45, 2.75) is 13.0 Å². The second-order valence-electron chi connectivity index (χ2n) is 4.82. The lowest BCUT2D eigenvalue weighted by molar-refractivity contribution is 0.484. The minimum absolute atomic E-state index is 0.338. The first kappa shape index (κ1) is 12.6. The Balaban J connectivity index is 1.89. The Hall–Kier alpha value is -2.39. The zero-order valence-electron chi connectivity index (χ0n) is 11.3. The smallest absolute Gasteiger partial charge is 0.216 e. The Morgan fingerprint density at radius 3 is 2.40 bits per heavy atom. The van der Waals surface area contributed by atoms with Gasteiger partial charge in [-0.2, -0.15) is 0 Å². The van der Waals surface area contributed by atoms with Crippen molar-refractivity contribution in [1.82, 2.24) is 4.98 Å². The van der Waals surface area contributed by atoms with Gasteiger partial charge in [-0.25, -0.2) is 4.98 Å². The van der Waals surface area contributed by atoms with Crippen molar-refractivity contribution in [2.75, 3.05) is 0 Å². The van der Waals surface area contributed by atoms with Crippen LogP contribution in [0.15, 0.2) is 65.2 Å². The molecule has 0 radical (unpaired) electrons. The highest BCUT2D eigenvalue weighted by Crippen LogP contribution is 2.25. The Kier molecular flexibility index (Phi) is 3.35. The summed E-state index contributed by atoms with van der Waals surface area (Å²) in [6.07, 6.45) is 1.72. The van der Waals surface area contributed by atoms with E-state index in [1.165, 1.54) is 5.56 Å². The van der Waals surface area contributed by atoms with Gasteiger partial charge in [-0.15, -0.1) is 0 Å². The molecule has 0 saturated heterocycles. The largest absolute Gasteiger partial charge is 0.439 e. The van der Waals surface area contributed by atoms with Gasteiger partial charge in [0, 0.05) is 5.56 Å². The molecule has 3 heteroatoms. The number of rotatable bonds is 3. The molecule has 1 aromatic heterocycles. The summed E-state index contributed by atoms with van der Waals surface area (Å²) in [4.78, 5) is 4.30. The molecule has 1 atom stereocenters. The van der Waals surface area contributed by atoms with Gasteiger partial charge in [-0.1, -0.05) is 60.2 Å². The summed E-state index contributed by atoms with van der Waals surface area (Å²) in [5.41, 5.74) is 9.39. The van der Waals surface area contributed by atoms with Crippen LogP contribution in [0.5, 0.6) is 0 Å². The Labute approximate surface area is 118 Å². The van der Waals surface area contributed by atoms with E-state index < -0.39 is 0 Å². The van der Waals surface area contributed by atoms with E-state index in [0.717, 1.165) is 16.9 Å². The van der Waals surface area contributed by atoms with Crippen molar-refractivity contribution in [3.05, 3.63) is 77.8 Å². The first-order valence-corrected chi connectivity index (χ1v) is 6.57. The molecule has 3 rings (SSSR count). The van der Waals surface area contributed by atoms with E-state index in [2.05, 4.69) is 24.0 Å². The maximum atomic E-state index is 6.18. The van der Waals surface area contributed by atoms with Gasteiger partial charge < -0.3 is 10.2 Å². The third-order valence-corrected chi connectivity index (χ3v) is 3.28. The standard InChI is InChI=1S/C17H16N2O/c1-12-7-9-13(10-8-12)15-11-19-17(20-15)16(18)14-5-3-2-4-6-14/h2-11,16H,18H2,1H3. The van der Waals surface area contributed by atoms with Crippen molar-refractivity contribution in [2.24, 2.45) is 5.73 Å². The molecule has 0 bridgehead atoms. The van der Waals surface area contributed by atoms with E-state index in [1.54, 1.807) is 6.20 Å². The SMILES string of the molecule is Cc1ccc(-c2cnc(C(N)c3ccccc3)o2)cc1. The molecule has 0 aliphatic heterocycles. The second-order valence-corrected chi connectivity index (χ2v) is 4.82. The van der Waals surface area contributed by atoms with Crippen molar-refractivity contribution in [1.29, 1.82) is 0 Å². The fourth-order valence-corrected chi connectivity index (χ4v) is 2.09. The summed E-state index contributed by atoms with van der Waals surface area (Å²) in [5, 5.41) is 0. The lowest BCUT2D eigenvalue weighted by Crippen LogP contribution is -2.11. The monoisotopic (exact) mass is 264 g/mol. The van der Waals surface area contributed by atoms with Gasteiger partial charge in [-0.3, -0.25) is 0 Å². The van der Waals surface area contributed by atoms with Crippen LogP contribution in [0, 0.1) is 6.92 Å². The van der Waals surface area contributed by atoms with E-state index >= 15 is 0 Å². The molecule has 20 heavy (non-hydrogen) atoms. The highest BCUT2D eigenvalue weighted by molar-refractivity contribution is 5.56. The van der Waals surface area contributed by atoms with Gasteiger partial charge in [0.15, 0.2) is 5.76 Å². The Morgan fingerprint density at radius 2 is 1.70 bits per heavy atom. The summed E-state index contributed by atoms with van der Waals surface area (Å²) in [6.45, 7) is 2.06. The first-order chi connectivity index (χ1) is 9.74. The molecule has 0 aliphatic carbocycles. The average Bonchev–Trinajstić information content (AvgIpc) is 2.98. The number of oxazole rings is 1. The normalized spacial score (nSPS) is 12.3. The maximum Gasteiger partial charge on any atom is 0.216 e. The third kappa shape index (κ3) is 2.49. The summed E-state index contributed by atoms with van der Waals surface area (Å²) >= 11 is 0. The highest BCUT2D eigenvalue weighted by atomic mass is 16.4. The van der Waals surface area contributed by atoms with Crippen LogP contribution < -0.4 is 5.73 Å². The molecule has 0 saturated carbocycles. The predicted molar refractivity (Wildman–Crippen MR) is 79.1 cm³/mol. The molecule has 0 fully saturated rings. The van der Waals surface area contributed by atoms with Crippen molar-refractivity contribution in [3.63, 3.8) is 0 Å². The minimum Gasteiger partial charge on any atom is -0.439 e. The van der Waals surface area contributed by atoms with Crippen LogP contribution in [0.3, 0.4) is 0 Å². The van der Waals surface area contributed by atoms with Crippen LogP contribution in [0.2, 0.25) is 0 Å². The number of aromatic nitrogens is 1. The fourth-order valence-electron chi connectivity index (χ4n) is 2.09. The Morgan fingerprint density at radius 1 is 1.00 bits per heavy atom. The summed E-state index contributed by atoms with van der Waals surface area (Å²) in [7, 11) is 0. The van der Waals surface area contributed by atoms with E-state index in [9.17, 15) is 0 Å². The lowest BCUT2D eigenvalue weighted by Gasteiger charge is -2.07. The van der Waals surface area contributed by atoms with Gasteiger partial charge in [-0.05, 0) is 12.5 Å². The van der Waals surface area contributed by atoms with Crippen molar-refractivity contribution < 1.29 is 4.42 Å². The molecular weight excluding hydrogens is 248 g/mol. The number of hydrogen-bond acceptors (Lipinski definition) is 3. The number of aryl methyl sites for hydroxylation is 1. The zero-order valence-corrected chi connectivity index (χ0v) is 11.3. The quantitative estimate of drug-likeness (QED) is 0.784. The van der Waals surface area contributed by atoms with E-state index in [1.807, 2.05) is 42.5 Å². The molecule has 3 nitrogen and oxygen atoms in total. The van der Waals surface area contributed by atoms with Crippen molar-refractivity contribution >= 4 is 0 Å². The number of nitrogens with zero attached hydrogens (tertiary/aromatic N) is 1. The van der Waals surface area contributed by atoms with Gasteiger partial charge >= 0.3 is 0 Å². The van der Waals surface area contributed by atoms with Crippen LogP contribution >= 0.6 is 0 Å². The molecule has 2 aromatic carbocycles. The maximum absolute atomic E-state index is 6.18. The molecule has 2 N–H and O–H groups in total. The molecule has 0 aliphatic rings. The van der Waals surface area contributed by atoms with Crippen LogP contribution in [-0.4, -0.2) is 4.98 Å². The molecule has 1 unspecified atom stereocenters. The molecule has 100 valence electrons. The van der Waals surface area contributed by atoms with Crippen LogP contribution in [0.25, 0.3) is 11.3 Å².